The zero-order valence-electron chi connectivity index (χ0n) is 17.1. The number of benzene rings is 1. The van der Waals surface area contributed by atoms with Gasteiger partial charge in [-0.3, -0.25) is 4.90 Å². The van der Waals surface area contributed by atoms with E-state index in [1.165, 1.54) is 7.05 Å². The number of hydrogen-bond acceptors (Lipinski definition) is 2. The molecule has 29 heavy (non-hydrogen) atoms. The molecule has 0 saturated heterocycles. The molecule has 0 spiro atoms. The van der Waals surface area contributed by atoms with Crippen LogP contribution in [-0.2, 0) is 5.60 Å². The molecule has 0 fully saturated rings. The molecule has 0 bridgehead atoms. The molecule has 1 aromatic rings. The Morgan fingerprint density at radius 1 is 1.00 bits per heavy atom. The summed E-state index contributed by atoms with van der Waals surface area (Å²) in [5.41, 5.74) is -5.95. The standard InChI is InChI=1S/C19H26F6N2O2/c1-7-26-16(28)27(6)15-13(10(2)3)8-12(9-14(15)11(4)5)17(29,18(20,21)22)19(23,24)25/h8-11,29H,7H2,1-6H3,(H,26,28). The van der Waals surface area contributed by atoms with E-state index in [-0.39, 0.29) is 23.4 Å². The Balaban J connectivity index is 3.95. The minimum atomic E-state index is -5.99. The normalized spacial score (nSPS) is 13.2. The molecule has 4 nitrogen and oxygen atoms in total. The van der Waals surface area contributed by atoms with Gasteiger partial charge in [0.2, 0.25) is 0 Å². The summed E-state index contributed by atoms with van der Waals surface area (Å²) in [5, 5.41) is 12.4. The van der Waals surface area contributed by atoms with Crippen molar-refractivity contribution in [2.45, 2.75) is 64.4 Å². The molecule has 0 atom stereocenters. The predicted molar refractivity (Wildman–Crippen MR) is 98.1 cm³/mol. The first kappa shape index (κ1) is 25.1. The number of urea groups is 1. The topological polar surface area (TPSA) is 52.6 Å². The Hall–Kier alpha value is -1.97. The molecule has 0 saturated carbocycles. The predicted octanol–water partition coefficient (Wildman–Crippen LogP) is 5.41. The van der Waals surface area contributed by atoms with Gasteiger partial charge >= 0.3 is 18.4 Å². The lowest BCUT2D eigenvalue weighted by Gasteiger charge is -2.35. The van der Waals surface area contributed by atoms with Crippen molar-refractivity contribution in [3.63, 3.8) is 0 Å². The second-order valence-electron chi connectivity index (χ2n) is 7.41. The van der Waals surface area contributed by atoms with E-state index in [1.807, 2.05) is 0 Å². The second kappa shape index (κ2) is 8.41. The van der Waals surface area contributed by atoms with Crippen LogP contribution in [0.3, 0.4) is 0 Å². The van der Waals surface area contributed by atoms with Crippen LogP contribution < -0.4 is 10.2 Å². The van der Waals surface area contributed by atoms with E-state index < -0.39 is 41.4 Å². The van der Waals surface area contributed by atoms with E-state index in [2.05, 4.69) is 5.32 Å². The maximum atomic E-state index is 13.4. The van der Waals surface area contributed by atoms with Crippen molar-refractivity contribution in [3.8, 4) is 0 Å². The summed E-state index contributed by atoms with van der Waals surface area (Å²) >= 11 is 0. The van der Waals surface area contributed by atoms with Crippen LogP contribution in [0.25, 0.3) is 0 Å². The Morgan fingerprint density at radius 3 is 1.66 bits per heavy atom. The summed E-state index contributed by atoms with van der Waals surface area (Å²) < 4.78 is 80.4. The van der Waals surface area contributed by atoms with Crippen molar-refractivity contribution in [2.75, 3.05) is 18.5 Å². The molecule has 0 radical (unpaired) electrons. The van der Waals surface area contributed by atoms with E-state index in [0.29, 0.717) is 12.1 Å². The number of carbonyl (C=O) groups is 1. The van der Waals surface area contributed by atoms with Crippen molar-refractivity contribution >= 4 is 11.7 Å². The number of alkyl halides is 6. The van der Waals surface area contributed by atoms with Gasteiger partial charge in [-0.25, -0.2) is 4.79 Å². The van der Waals surface area contributed by atoms with E-state index in [9.17, 15) is 36.2 Å². The van der Waals surface area contributed by atoms with Crippen LogP contribution in [0.4, 0.5) is 36.8 Å². The summed E-state index contributed by atoms with van der Waals surface area (Å²) in [7, 11) is 1.39. The molecule has 0 unspecified atom stereocenters. The molecular formula is C19H26F6N2O2. The molecule has 0 aliphatic rings. The molecule has 2 N–H and O–H groups in total. The number of nitrogens with zero attached hydrogens (tertiary/aromatic N) is 1. The number of carbonyl (C=O) groups excluding carboxylic acids is 1. The number of nitrogens with one attached hydrogen (secondary N) is 1. The minimum absolute atomic E-state index is 0.0897. The van der Waals surface area contributed by atoms with Crippen molar-refractivity contribution < 1.29 is 36.2 Å². The fraction of sp³-hybridized carbons (Fsp3) is 0.632. The molecule has 1 rings (SSSR count). The third kappa shape index (κ3) is 4.62. The van der Waals surface area contributed by atoms with E-state index in [4.69, 9.17) is 0 Å². The van der Waals surface area contributed by atoms with Crippen molar-refractivity contribution in [1.82, 2.24) is 5.32 Å². The number of anilines is 1. The number of hydrogen-bond donors (Lipinski definition) is 2. The van der Waals surface area contributed by atoms with E-state index >= 15 is 0 Å². The van der Waals surface area contributed by atoms with Crippen LogP contribution in [0, 0.1) is 0 Å². The van der Waals surface area contributed by atoms with Crippen molar-refractivity contribution in [1.29, 1.82) is 0 Å². The maximum Gasteiger partial charge on any atom is 0.430 e. The lowest BCUT2D eigenvalue weighted by molar-refractivity contribution is -0.376. The molecule has 10 heteroatoms. The number of aliphatic hydroxyl groups is 1. The van der Waals surface area contributed by atoms with Gasteiger partial charge in [-0.05, 0) is 42.0 Å². The fourth-order valence-electron chi connectivity index (χ4n) is 3.02. The molecule has 0 aliphatic heterocycles. The lowest BCUT2D eigenvalue weighted by atomic mass is 9.83. The maximum absolute atomic E-state index is 13.4. The van der Waals surface area contributed by atoms with Gasteiger partial charge in [0, 0.05) is 19.2 Å². The van der Waals surface area contributed by atoms with Gasteiger partial charge in [0.15, 0.2) is 0 Å². The average molecular weight is 428 g/mol. The van der Waals surface area contributed by atoms with Crippen LogP contribution in [0.1, 0.15) is 63.1 Å². The molecule has 0 aliphatic carbocycles. The molecule has 166 valence electrons. The third-order valence-corrected chi connectivity index (χ3v) is 4.62. The van der Waals surface area contributed by atoms with Gasteiger partial charge in [-0.1, -0.05) is 27.7 Å². The van der Waals surface area contributed by atoms with E-state index in [0.717, 1.165) is 4.90 Å². The highest BCUT2D eigenvalue weighted by molar-refractivity contribution is 5.93. The van der Waals surface area contributed by atoms with Crippen LogP contribution in [0.2, 0.25) is 0 Å². The number of amides is 2. The summed E-state index contributed by atoms with van der Waals surface area (Å²) in [5.74, 6) is -1.05. The minimum Gasteiger partial charge on any atom is -0.369 e. The molecule has 0 aromatic heterocycles. The highest BCUT2D eigenvalue weighted by Gasteiger charge is 2.71. The van der Waals surface area contributed by atoms with Gasteiger partial charge in [0.05, 0.1) is 5.69 Å². The second-order valence-corrected chi connectivity index (χ2v) is 7.41. The Bertz CT molecular complexity index is 698. The molecule has 0 heterocycles. The highest BCUT2D eigenvalue weighted by Crippen LogP contribution is 2.52. The first-order valence-corrected chi connectivity index (χ1v) is 9.06. The SMILES string of the molecule is CCNC(=O)N(C)c1c(C(C)C)cc(C(O)(C(F)(F)F)C(F)(F)F)cc1C(C)C. The summed E-state index contributed by atoms with van der Waals surface area (Å²) in [6.45, 7) is 8.29. The van der Waals surface area contributed by atoms with Gasteiger partial charge in [0.1, 0.15) is 0 Å². The van der Waals surface area contributed by atoms with Gasteiger partial charge in [-0.15, -0.1) is 0 Å². The van der Waals surface area contributed by atoms with E-state index in [1.54, 1.807) is 34.6 Å². The number of halogens is 6. The Labute approximate surface area is 165 Å². The van der Waals surface area contributed by atoms with Crippen LogP contribution >= 0.6 is 0 Å². The van der Waals surface area contributed by atoms with Gasteiger partial charge < -0.3 is 10.4 Å². The zero-order valence-corrected chi connectivity index (χ0v) is 17.1. The Morgan fingerprint density at radius 2 is 1.38 bits per heavy atom. The zero-order chi connectivity index (χ0) is 22.9. The first-order valence-electron chi connectivity index (χ1n) is 9.06. The smallest absolute Gasteiger partial charge is 0.369 e. The highest BCUT2D eigenvalue weighted by atomic mass is 19.4. The summed E-state index contributed by atoms with van der Waals surface area (Å²) in [6.07, 6.45) is -12.0. The monoisotopic (exact) mass is 428 g/mol. The van der Waals surface area contributed by atoms with Crippen molar-refractivity contribution in [3.05, 3.63) is 28.8 Å². The summed E-state index contributed by atoms with van der Waals surface area (Å²) in [6, 6.07) is 0.816. The molecule has 1 aromatic carbocycles. The van der Waals surface area contributed by atoms with Gasteiger partial charge in [-0.2, -0.15) is 26.3 Å². The van der Waals surface area contributed by atoms with Crippen LogP contribution in [-0.4, -0.2) is 37.1 Å². The van der Waals surface area contributed by atoms with Gasteiger partial charge in [0.25, 0.3) is 5.60 Å². The molecular weight excluding hydrogens is 402 g/mol. The largest absolute Gasteiger partial charge is 0.430 e. The summed E-state index contributed by atoms with van der Waals surface area (Å²) in [4.78, 5) is 13.5. The van der Waals surface area contributed by atoms with Crippen LogP contribution in [0.5, 0.6) is 0 Å². The Kier molecular flexibility index (Phi) is 7.27. The third-order valence-electron chi connectivity index (χ3n) is 4.62. The first-order chi connectivity index (χ1) is 13.0. The van der Waals surface area contributed by atoms with Crippen LogP contribution in [0.15, 0.2) is 12.1 Å². The fourth-order valence-corrected chi connectivity index (χ4v) is 3.02. The average Bonchev–Trinajstić information content (AvgIpc) is 2.57. The quantitative estimate of drug-likeness (QED) is 0.616. The molecule has 2 amide bonds. The van der Waals surface area contributed by atoms with Crippen molar-refractivity contribution in [2.24, 2.45) is 0 Å². The number of rotatable bonds is 5. The lowest BCUT2D eigenvalue weighted by Crippen LogP contribution is -2.54.